The zero-order valence-corrected chi connectivity index (χ0v) is 18.5. The topological polar surface area (TPSA) is 39.0 Å². The van der Waals surface area contributed by atoms with Gasteiger partial charge in [-0.1, -0.05) is 19.9 Å². The predicted octanol–water partition coefficient (Wildman–Crippen LogP) is 5.43. The van der Waals surface area contributed by atoms with Crippen molar-refractivity contribution in [2.45, 2.75) is 38.6 Å². The second-order valence-corrected chi connectivity index (χ2v) is 8.10. The molecule has 29 heavy (non-hydrogen) atoms. The van der Waals surface area contributed by atoms with Gasteiger partial charge in [-0.15, -0.1) is 11.8 Å². The van der Waals surface area contributed by atoms with Crippen molar-refractivity contribution in [3.05, 3.63) is 36.0 Å². The maximum atomic E-state index is 5.92. The lowest BCUT2D eigenvalue weighted by atomic mass is 10.00. The van der Waals surface area contributed by atoms with Crippen molar-refractivity contribution in [3.8, 4) is 22.6 Å². The monoisotopic (exact) mass is 411 g/mol. The molecule has 0 aliphatic carbocycles. The van der Waals surface area contributed by atoms with E-state index < -0.39 is 0 Å². The average molecular weight is 412 g/mol. The first-order valence-corrected chi connectivity index (χ1v) is 11.6. The van der Waals surface area contributed by atoms with Crippen LogP contribution in [-0.2, 0) is 0 Å². The highest BCUT2D eigenvalue weighted by molar-refractivity contribution is 7.98. The lowest BCUT2D eigenvalue weighted by molar-refractivity contribution is 0.170. The number of anilines is 1. The maximum Gasteiger partial charge on any atom is 0.164 e. The van der Waals surface area contributed by atoms with Gasteiger partial charge in [0.25, 0.3) is 0 Å². The van der Waals surface area contributed by atoms with Crippen molar-refractivity contribution in [2.75, 3.05) is 37.5 Å². The number of imidazole rings is 1. The summed E-state index contributed by atoms with van der Waals surface area (Å²) < 4.78 is 13.9. The lowest BCUT2D eigenvalue weighted by Gasteiger charge is -2.24. The summed E-state index contributed by atoms with van der Waals surface area (Å²) in [6.07, 6.45) is 6.47. The minimum atomic E-state index is 0.592. The first kappa shape index (κ1) is 20.0. The molecule has 5 nitrogen and oxygen atoms in total. The van der Waals surface area contributed by atoms with Crippen LogP contribution in [-0.4, -0.2) is 41.9 Å². The number of nitrogens with zero attached hydrogens (tertiary/aromatic N) is 3. The van der Waals surface area contributed by atoms with E-state index in [1.165, 1.54) is 5.82 Å². The second kappa shape index (κ2) is 8.57. The van der Waals surface area contributed by atoms with Gasteiger partial charge < -0.3 is 14.4 Å². The van der Waals surface area contributed by atoms with Crippen LogP contribution in [0, 0.1) is 6.92 Å². The van der Waals surface area contributed by atoms with E-state index in [-0.39, 0.29) is 0 Å². The summed E-state index contributed by atoms with van der Waals surface area (Å²) in [5, 5.41) is 1.08. The Morgan fingerprint density at radius 3 is 2.55 bits per heavy atom. The predicted molar refractivity (Wildman–Crippen MR) is 121 cm³/mol. The Balaban J connectivity index is 1.90. The molecule has 3 heterocycles. The Morgan fingerprint density at radius 1 is 1.07 bits per heavy atom. The van der Waals surface area contributed by atoms with Crippen LogP contribution in [0.5, 0.6) is 11.5 Å². The van der Waals surface area contributed by atoms with Crippen molar-refractivity contribution in [1.29, 1.82) is 0 Å². The van der Waals surface area contributed by atoms with Crippen LogP contribution < -0.4 is 14.4 Å². The van der Waals surface area contributed by atoms with Crippen molar-refractivity contribution in [1.82, 2.24) is 9.38 Å². The smallest absolute Gasteiger partial charge is 0.164 e. The summed E-state index contributed by atoms with van der Waals surface area (Å²) in [6, 6.07) is 8.41. The molecule has 2 aromatic heterocycles. The first-order chi connectivity index (χ1) is 14.2. The van der Waals surface area contributed by atoms with E-state index >= 15 is 0 Å². The van der Waals surface area contributed by atoms with Crippen LogP contribution in [0.4, 0.5) is 5.82 Å². The highest BCUT2D eigenvalue weighted by Gasteiger charge is 2.22. The van der Waals surface area contributed by atoms with Crippen molar-refractivity contribution in [3.63, 3.8) is 0 Å². The number of hydrogen-bond donors (Lipinski definition) is 0. The Hall–Kier alpha value is -2.34. The number of aromatic nitrogens is 2. The number of fused-ring (bicyclic) bond motifs is 2. The number of pyridine rings is 1. The molecule has 0 spiro atoms. The van der Waals surface area contributed by atoms with E-state index in [2.05, 4.69) is 60.7 Å². The molecule has 4 rings (SSSR count). The molecular weight excluding hydrogens is 382 g/mol. The van der Waals surface area contributed by atoms with Gasteiger partial charge in [-0.3, -0.25) is 4.40 Å². The van der Waals surface area contributed by atoms with Crippen LogP contribution in [0.25, 0.3) is 16.8 Å². The molecule has 0 N–H and O–H groups in total. The summed E-state index contributed by atoms with van der Waals surface area (Å²) in [5.41, 5.74) is 4.35. The van der Waals surface area contributed by atoms with Crippen LogP contribution in [0.3, 0.4) is 0 Å². The van der Waals surface area contributed by atoms with E-state index in [0.717, 1.165) is 64.8 Å². The minimum absolute atomic E-state index is 0.592. The Morgan fingerprint density at radius 2 is 1.83 bits per heavy atom. The molecule has 0 amide bonds. The van der Waals surface area contributed by atoms with E-state index in [0.29, 0.717) is 13.2 Å². The molecule has 0 atom stereocenters. The van der Waals surface area contributed by atoms with Gasteiger partial charge in [-0.05, 0) is 49.8 Å². The first-order valence-electron chi connectivity index (χ1n) is 10.4. The molecule has 3 aromatic rings. The van der Waals surface area contributed by atoms with E-state index in [1.807, 2.05) is 6.07 Å². The molecule has 0 unspecified atom stereocenters. The Kier molecular flexibility index (Phi) is 5.90. The number of hydrogen-bond acceptors (Lipinski definition) is 5. The molecule has 0 radical (unpaired) electrons. The normalized spacial score (nSPS) is 13.1. The van der Waals surface area contributed by atoms with Gasteiger partial charge in [0.1, 0.15) is 29.7 Å². The molecule has 0 saturated carbocycles. The van der Waals surface area contributed by atoms with Gasteiger partial charge >= 0.3 is 0 Å². The Bertz CT molecular complexity index is 1010. The van der Waals surface area contributed by atoms with Crippen molar-refractivity contribution in [2.24, 2.45) is 0 Å². The van der Waals surface area contributed by atoms with Gasteiger partial charge in [0.05, 0.1) is 0 Å². The van der Waals surface area contributed by atoms with Gasteiger partial charge in [-0.2, -0.15) is 0 Å². The van der Waals surface area contributed by atoms with Crippen LogP contribution in [0.15, 0.2) is 35.5 Å². The molecule has 1 aliphatic rings. The Labute approximate surface area is 177 Å². The lowest BCUT2D eigenvalue weighted by Crippen LogP contribution is -2.26. The van der Waals surface area contributed by atoms with Gasteiger partial charge in [-0.25, -0.2) is 4.98 Å². The average Bonchev–Trinajstić information content (AvgIpc) is 3.13. The summed E-state index contributed by atoms with van der Waals surface area (Å²) in [4.78, 5) is 7.52. The molecule has 0 saturated heterocycles. The van der Waals surface area contributed by atoms with Crippen LogP contribution in [0.1, 0.15) is 32.3 Å². The fraction of sp³-hybridized carbons (Fsp3) is 0.435. The minimum Gasteiger partial charge on any atom is -0.486 e. The van der Waals surface area contributed by atoms with Crippen LogP contribution in [0.2, 0.25) is 0 Å². The number of thioether (sulfide) groups is 1. The second-order valence-electron chi connectivity index (χ2n) is 7.31. The summed E-state index contributed by atoms with van der Waals surface area (Å²) in [5.74, 6) is 2.88. The SMILES string of the molecule is CCCN(CCC)c1c(SC)nc2c(-c3ccc4c(c3C)OCCO4)cccn12. The van der Waals surface area contributed by atoms with Crippen LogP contribution >= 0.6 is 11.8 Å². The quantitative estimate of drug-likeness (QED) is 0.485. The number of benzene rings is 1. The summed E-state index contributed by atoms with van der Waals surface area (Å²) >= 11 is 1.71. The zero-order chi connectivity index (χ0) is 20.4. The van der Waals surface area contributed by atoms with Gasteiger partial charge in [0.2, 0.25) is 0 Å². The summed E-state index contributed by atoms with van der Waals surface area (Å²) in [7, 11) is 0. The van der Waals surface area contributed by atoms with Crippen molar-refractivity contribution >= 4 is 23.2 Å². The third-order valence-electron chi connectivity index (χ3n) is 5.32. The zero-order valence-electron chi connectivity index (χ0n) is 17.7. The maximum absolute atomic E-state index is 5.92. The highest BCUT2D eigenvalue weighted by Crippen LogP contribution is 2.41. The van der Waals surface area contributed by atoms with E-state index in [4.69, 9.17) is 14.5 Å². The third kappa shape index (κ3) is 3.54. The fourth-order valence-electron chi connectivity index (χ4n) is 4.08. The molecule has 0 bridgehead atoms. The number of rotatable bonds is 7. The highest BCUT2D eigenvalue weighted by atomic mass is 32.2. The fourth-order valence-corrected chi connectivity index (χ4v) is 4.67. The third-order valence-corrected chi connectivity index (χ3v) is 5.98. The van der Waals surface area contributed by atoms with Gasteiger partial charge in [0.15, 0.2) is 11.5 Å². The molecule has 154 valence electrons. The summed E-state index contributed by atoms with van der Waals surface area (Å²) in [6.45, 7) is 9.82. The van der Waals surface area contributed by atoms with E-state index in [9.17, 15) is 0 Å². The standard InChI is InChI=1S/C23H29N3O2S/c1-5-11-25(12-6-2)23-22(29-4)24-21-18(8-7-13-26(21)23)17-9-10-19-20(16(17)3)28-15-14-27-19/h7-10,13H,5-6,11-12,14-15H2,1-4H3. The molecule has 6 heteroatoms. The van der Waals surface area contributed by atoms with Crippen molar-refractivity contribution < 1.29 is 9.47 Å². The molecule has 1 aromatic carbocycles. The largest absolute Gasteiger partial charge is 0.486 e. The van der Waals surface area contributed by atoms with E-state index in [1.54, 1.807) is 11.8 Å². The number of ether oxygens (including phenoxy) is 2. The molecule has 0 fully saturated rings. The molecular formula is C23H29N3O2S. The van der Waals surface area contributed by atoms with Gasteiger partial charge in [0, 0.05) is 30.4 Å². The molecule has 1 aliphatic heterocycles.